The molecule has 1 amide bonds. The summed E-state index contributed by atoms with van der Waals surface area (Å²) in [4.78, 5) is 22.9. The van der Waals surface area contributed by atoms with Crippen LogP contribution in [-0.4, -0.2) is 42.2 Å². The molecular weight excluding hydrogens is 294 g/mol. The van der Waals surface area contributed by atoms with E-state index in [1.54, 1.807) is 24.3 Å². The molecule has 6 heteroatoms. The molecule has 4 N–H and O–H groups in total. The average Bonchev–Trinajstić information content (AvgIpc) is 2.94. The predicted octanol–water partition coefficient (Wildman–Crippen LogP) is 1.31. The van der Waals surface area contributed by atoms with Gasteiger partial charge in [0.1, 0.15) is 0 Å². The van der Waals surface area contributed by atoms with Crippen molar-refractivity contribution in [2.75, 3.05) is 18.4 Å². The second-order valence-electron chi connectivity index (χ2n) is 5.98. The van der Waals surface area contributed by atoms with Crippen LogP contribution in [0, 0.1) is 5.92 Å². The van der Waals surface area contributed by atoms with Crippen molar-refractivity contribution in [2.24, 2.45) is 5.92 Å². The van der Waals surface area contributed by atoms with Crippen LogP contribution in [0.3, 0.4) is 0 Å². The highest BCUT2D eigenvalue weighted by atomic mass is 16.4. The Bertz CT molecular complexity index is 581. The number of hydrogen-bond donors (Lipinski definition) is 4. The first-order chi connectivity index (χ1) is 11.0. The maximum Gasteiger partial charge on any atom is 0.328 e. The fourth-order valence-electron chi connectivity index (χ4n) is 2.64. The van der Waals surface area contributed by atoms with E-state index in [2.05, 4.69) is 29.8 Å². The van der Waals surface area contributed by atoms with Crippen molar-refractivity contribution in [1.29, 1.82) is 0 Å². The van der Waals surface area contributed by atoms with Gasteiger partial charge in [-0.2, -0.15) is 0 Å². The van der Waals surface area contributed by atoms with Gasteiger partial charge in [0, 0.05) is 36.9 Å². The number of carbonyl (C=O) groups is 2. The zero-order valence-corrected chi connectivity index (χ0v) is 13.4. The molecule has 1 aromatic carbocycles. The number of anilines is 1. The number of carbonyl (C=O) groups excluding carboxylic acids is 1. The third-order valence-corrected chi connectivity index (χ3v) is 3.69. The minimum Gasteiger partial charge on any atom is -0.478 e. The van der Waals surface area contributed by atoms with Gasteiger partial charge in [-0.3, -0.25) is 4.79 Å². The van der Waals surface area contributed by atoms with Gasteiger partial charge in [-0.05, 0) is 23.8 Å². The summed E-state index contributed by atoms with van der Waals surface area (Å²) in [7, 11) is 0. The number of carboxylic acid groups (broad SMARTS) is 1. The number of hydrogen-bond acceptors (Lipinski definition) is 4. The predicted molar refractivity (Wildman–Crippen MR) is 90.2 cm³/mol. The Kier molecular flexibility index (Phi) is 5.90. The average molecular weight is 317 g/mol. The van der Waals surface area contributed by atoms with Crippen LogP contribution in [0.15, 0.2) is 30.3 Å². The standard InChI is InChI=1S/C17H23N3O3/c1-11(2)19-15-10-18-9-14(15)17(23)20-13-6-3-12(4-7-13)5-8-16(21)22/h3-8,11,14-15,18-19H,9-10H2,1-2H3,(H,20,23)(H,21,22)/b8-5+/t14?,15-/m1/s1. The highest BCUT2D eigenvalue weighted by Crippen LogP contribution is 2.16. The monoisotopic (exact) mass is 317 g/mol. The first-order valence-electron chi connectivity index (χ1n) is 7.74. The number of amides is 1. The van der Waals surface area contributed by atoms with Gasteiger partial charge in [0.05, 0.1) is 5.92 Å². The molecule has 6 nitrogen and oxygen atoms in total. The van der Waals surface area contributed by atoms with Gasteiger partial charge in [-0.1, -0.05) is 26.0 Å². The molecule has 0 aromatic heterocycles. The summed E-state index contributed by atoms with van der Waals surface area (Å²) in [6, 6.07) is 7.54. The second-order valence-corrected chi connectivity index (χ2v) is 5.98. The molecule has 124 valence electrons. The Morgan fingerprint density at radius 2 is 1.96 bits per heavy atom. The molecule has 1 unspecified atom stereocenters. The van der Waals surface area contributed by atoms with E-state index in [0.29, 0.717) is 18.3 Å². The largest absolute Gasteiger partial charge is 0.478 e. The number of benzene rings is 1. The summed E-state index contributed by atoms with van der Waals surface area (Å²) < 4.78 is 0. The normalized spacial score (nSPS) is 21.0. The first kappa shape index (κ1) is 17.2. The molecule has 2 rings (SSSR count). The Balaban J connectivity index is 1.95. The Hall–Kier alpha value is -2.18. The van der Waals surface area contributed by atoms with Gasteiger partial charge in [0.25, 0.3) is 0 Å². The summed E-state index contributed by atoms with van der Waals surface area (Å²) in [5.41, 5.74) is 1.48. The molecule has 23 heavy (non-hydrogen) atoms. The Labute approximate surface area is 136 Å². The molecule has 0 spiro atoms. The summed E-state index contributed by atoms with van der Waals surface area (Å²) >= 11 is 0. The molecule has 2 atom stereocenters. The molecule has 1 fully saturated rings. The third kappa shape index (κ3) is 5.19. The van der Waals surface area contributed by atoms with Crippen LogP contribution < -0.4 is 16.0 Å². The molecule has 1 aromatic rings. The van der Waals surface area contributed by atoms with Crippen molar-refractivity contribution < 1.29 is 14.7 Å². The van der Waals surface area contributed by atoms with Crippen molar-refractivity contribution >= 4 is 23.6 Å². The van der Waals surface area contributed by atoms with E-state index in [0.717, 1.165) is 18.2 Å². The number of nitrogens with one attached hydrogen (secondary N) is 3. The van der Waals surface area contributed by atoms with Crippen molar-refractivity contribution in [2.45, 2.75) is 25.9 Å². The van der Waals surface area contributed by atoms with Gasteiger partial charge in [-0.25, -0.2) is 4.79 Å². The van der Waals surface area contributed by atoms with Crippen molar-refractivity contribution in [3.05, 3.63) is 35.9 Å². The van der Waals surface area contributed by atoms with E-state index in [1.807, 2.05) is 0 Å². The van der Waals surface area contributed by atoms with Gasteiger partial charge < -0.3 is 21.1 Å². The van der Waals surface area contributed by atoms with Crippen LogP contribution in [0.4, 0.5) is 5.69 Å². The lowest BCUT2D eigenvalue weighted by Gasteiger charge is -2.21. The lowest BCUT2D eigenvalue weighted by Crippen LogP contribution is -2.44. The quantitative estimate of drug-likeness (QED) is 0.594. The second kappa shape index (κ2) is 7.89. The number of rotatable bonds is 6. The summed E-state index contributed by atoms with van der Waals surface area (Å²) in [6.07, 6.45) is 2.59. The van der Waals surface area contributed by atoms with Gasteiger partial charge in [-0.15, -0.1) is 0 Å². The minimum atomic E-state index is -0.986. The maximum absolute atomic E-state index is 12.4. The molecule has 1 aliphatic rings. The molecule has 1 aliphatic heterocycles. The van der Waals surface area contributed by atoms with Gasteiger partial charge in [0.15, 0.2) is 0 Å². The van der Waals surface area contributed by atoms with E-state index < -0.39 is 5.97 Å². The molecule has 0 bridgehead atoms. The van der Waals surface area contributed by atoms with Crippen LogP contribution in [0.1, 0.15) is 19.4 Å². The molecule has 1 heterocycles. The molecule has 0 radical (unpaired) electrons. The molecule has 0 saturated carbocycles. The zero-order valence-electron chi connectivity index (χ0n) is 13.4. The van der Waals surface area contributed by atoms with Crippen LogP contribution in [-0.2, 0) is 9.59 Å². The number of aliphatic carboxylic acids is 1. The summed E-state index contributed by atoms with van der Waals surface area (Å²) in [5.74, 6) is -1.11. The van der Waals surface area contributed by atoms with Crippen LogP contribution >= 0.6 is 0 Å². The highest BCUT2D eigenvalue weighted by molar-refractivity contribution is 5.93. The van der Waals surface area contributed by atoms with E-state index >= 15 is 0 Å². The Morgan fingerprint density at radius 3 is 2.57 bits per heavy atom. The van der Waals surface area contributed by atoms with E-state index in [-0.39, 0.29) is 17.9 Å². The zero-order chi connectivity index (χ0) is 16.8. The fraction of sp³-hybridized carbons (Fsp3) is 0.412. The topological polar surface area (TPSA) is 90.5 Å². The van der Waals surface area contributed by atoms with Crippen LogP contribution in [0.25, 0.3) is 6.08 Å². The third-order valence-electron chi connectivity index (χ3n) is 3.69. The smallest absolute Gasteiger partial charge is 0.328 e. The van der Waals surface area contributed by atoms with Crippen LogP contribution in [0.5, 0.6) is 0 Å². The van der Waals surface area contributed by atoms with Crippen molar-refractivity contribution in [3.8, 4) is 0 Å². The minimum absolute atomic E-state index is 0.0121. The van der Waals surface area contributed by atoms with E-state index in [9.17, 15) is 9.59 Å². The maximum atomic E-state index is 12.4. The summed E-state index contributed by atoms with van der Waals surface area (Å²) in [5, 5.41) is 18.2. The fourth-order valence-corrected chi connectivity index (χ4v) is 2.64. The SMILES string of the molecule is CC(C)N[C@@H]1CNCC1C(=O)Nc1ccc(/C=C/C(=O)O)cc1. The highest BCUT2D eigenvalue weighted by Gasteiger charge is 2.32. The van der Waals surface area contributed by atoms with Crippen molar-refractivity contribution in [1.82, 2.24) is 10.6 Å². The molecule has 0 aliphatic carbocycles. The van der Waals surface area contributed by atoms with Gasteiger partial charge >= 0.3 is 5.97 Å². The Morgan fingerprint density at radius 1 is 1.26 bits per heavy atom. The van der Waals surface area contributed by atoms with Crippen LogP contribution in [0.2, 0.25) is 0 Å². The number of carboxylic acids is 1. The summed E-state index contributed by atoms with van der Waals surface area (Å²) in [6.45, 7) is 5.58. The van der Waals surface area contributed by atoms with E-state index in [1.165, 1.54) is 6.08 Å². The molecular formula is C17H23N3O3. The lowest BCUT2D eigenvalue weighted by atomic mass is 10.0. The lowest BCUT2D eigenvalue weighted by molar-refractivity contribution is -0.131. The molecule has 1 saturated heterocycles. The van der Waals surface area contributed by atoms with E-state index in [4.69, 9.17) is 5.11 Å². The van der Waals surface area contributed by atoms with Crippen molar-refractivity contribution in [3.63, 3.8) is 0 Å². The first-order valence-corrected chi connectivity index (χ1v) is 7.74. The van der Waals surface area contributed by atoms with Gasteiger partial charge in [0.2, 0.25) is 5.91 Å².